The van der Waals surface area contributed by atoms with Gasteiger partial charge in [0.2, 0.25) is 15.2 Å². The van der Waals surface area contributed by atoms with Crippen molar-refractivity contribution in [3.05, 3.63) is 28.2 Å². The zero-order valence-corrected chi connectivity index (χ0v) is 16.8. The van der Waals surface area contributed by atoms with Crippen molar-refractivity contribution in [3.63, 3.8) is 0 Å². The summed E-state index contributed by atoms with van der Waals surface area (Å²) in [4.78, 5) is 23.8. The fourth-order valence-corrected chi connectivity index (χ4v) is 4.11. The van der Waals surface area contributed by atoms with E-state index < -0.39 is 40.8 Å². The minimum absolute atomic E-state index is 0.173. The molecule has 0 saturated heterocycles. The van der Waals surface area contributed by atoms with Crippen LogP contribution >= 0.6 is 35.0 Å². The van der Waals surface area contributed by atoms with E-state index in [2.05, 4.69) is 15.5 Å². The first-order valence-corrected chi connectivity index (χ1v) is 10.6. The molecule has 0 aliphatic heterocycles. The average molecular weight is 454 g/mol. The van der Waals surface area contributed by atoms with E-state index in [9.17, 15) is 18.0 Å². The van der Waals surface area contributed by atoms with E-state index in [1.807, 2.05) is 4.72 Å². The van der Waals surface area contributed by atoms with Crippen LogP contribution in [0.3, 0.4) is 0 Å². The van der Waals surface area contributed by atoms with Gasteiger partial charge in [-0.1, -0.05) is 29.3 Å². The summed E-state index contributed by atoms with van der Waals surface area (Å²) in [5, 5.41) is 20.7. The molecule has 146 valence electrons. The van der Waals surface area contributed by atoms with Crippen LogP contribution in [0, 0.1) is 0 Å². The number of Topliss-reactive ketones (excluding diaryl/α,β-unsaturated/α-hetero) is 1. The Labute approximate surface area is 168 Å². The molecule has 0 aliphatic carbocycles. The highest BCUT2D eigenvalue weighted by Gasteiger charge is 2.26. The van der Waals surface area contributed by atoms with Crippen LogP contribution in [0.1, 0.15) is 6.42 Å². The fraction of sp³-hybridized carbons (Fsp3) is 0.308. The molecule has 0 saturated carbocycles. The van der Waals surface area contributed by atoms with Gasteiger partial charge >= 0.3 is 5.97 Å². The second-order valence-corrected chi connectivity index (χ2v) is 8.85. The molecule has 0 aliphatic rings. The van der Waals surface area contributed by atoms with Crippen LogP contribution < -0.4 is 4.72 Å². The lowest BCUT2D eigenvalue weighted by molar-refractivity contribution is -0.139. The van der Waals surface area contributed by atoms with Gasteiger partial charge in [-0.2, -0.15) is 0 Å². The number of carboxylic acids is 1. The smallest absolute Gasteiger partial charge is 0.305 e. The first-order valence-electron chi connectivity index (χ1n) is 7.16. The third-order valence-corrected chi connectivity index (χ3v) is 5.73. The quantitative estimate of drug-likeness (QED) is 0.569. The van der Waals surface area contributed by atoms with E-state index in [1.54, 1.807) is 18.2 Å². The molecular formula is C13H13Cl2N5O5S2. The molecule has 1 unspecified atom stereocenters. The lowest BCUT2D eigenvalue weighted by atomic mass is 10.1. The van der Waals surface area contributed by atoms with Gasteiger partial charge in [-0.3, -0.25) is 9.59 Å². The Morgan fingerprint density at radius 1 is 1.33 bits per heavy atom. The van der Waals surface area contributed by atoms with Crippen LogP contribution in [0.5, 0.6) is 0 Å². The molecule has 14 heteroatoms. The Kier molecular flexibility index (Phi) is 7.17. The second-order valence-electron chi connectivity index (χ2n) is 5.28. The number of nitrogens with zero attached hydrogens (tertiary/aromatic N) is 4. The normalized spacial score (nSPS) is 12.7. The number of tetrazole rings is 1. The highest BCUT2D eigenvalue weighted by Crippen LogP contribution is 2.37. The number of benzene rings is 1. The van der Waals surface area contributed by atoms with E-state index in [0.717, 1.165) is 22.7 Å². The van der Waals surface area contributed by atoms with Crippen LogP contribution in [-0.2, 0) is 26.2 Å². The molecule has 1 aromatic carbocycles. The van der Waals surface area contributed by atoms with E-state index in [0.29, 0.717) is 14.9 Å². The zero-order valence-electron chi connectivity index (χ0n) is 13.7. The number of hydrogen-bond donors (Lipinski definition) is 2. The second kappa shape index (κ2) is 8.97. The van der Waals surface area contributed by atoms with Crippen molar-refractivity contribution in [3.8, 4) is 0 Å². The van der Waals surface area contributed by atoms with E-state index in [4.69, 9.17) is 28.3 Å². The van der Waals surface area contributed by atoms with Crippen molar-refractivity contribution in [2.24, 2.45) is 0 Å². The molecule has 2 rings (SSSR count). The van der Waals surface area contributed by atoms with Crippen molar-refractivity contribution in [1.29, 1.82) is 0 Å². The van der Waals surface area contributed by atoms with Gasteiger partial charge in [0.1, 0.15) is 6.54 Å². The minimum Gasteiger partial charge on any atom is -0.481 e. The largest absolute Gasteiger partial charge is 0.481 e. The number of sulfonamides is 1. The molecule has 0 fully saturated rings. The van der Waals surface area contributed by atoms with E-state index in [-0.39, 0.29) is 5.16 Å². The fourth-order valence-electron chi connectivity index (χ4n) is 1.95. The van der Waals surface area contributed by atoms with Crippen LogP contribution in [-0.4, -0.2) is 57.8 Å². The number of aromatic nitrogens is 4. The van der Waals surface area contributed by atoms with Gasteiger partial charge in [0.15, 0.2) is 5.78 Å². The van der Waals surface area contributed by atoms with Crippen LogP contribution in [0.15, 0.2) is 28.3 Å². The number of rotatable bonds is 9. The first kappa shape index (κ1) is 21.6. The number of carbonyl (C=O) groups excluding carboxylic acids is 1. The maximum Gasteiger partial charge on any atom is 0.305 e. The molecule has 2 N–H and O–H groups in total. The predicted molar refractivity (Wildman–Crippen MR) is 97.4 cm³/mol. The Hall–Kier alpha value is -1.73. The Balaban J connectivity index is 2.21. The Bertz CT molecular complexity index is 946. The summed E-state index contributed by atoms with van der Waals surface area (Å²) in [5.74, 6) is -2.05. The lowest BCUT2D eigenvalue weighted by Gasteiger charge is -2.14. The SMILES string of the molecule is CS(=O)(=O)NC(CC(=O)O)C(=O)Cn1nnnc1Sc1c(Cl)cccc1Cl. The topological polar surface area (TPSA) is 144 Å². The van der Waals surface area contributed by atoms with E-state index >= 15 is 0 Å². The zero-order chi connectivity index (χ0) is 20.2. The maximum absolute atomic E-state index is 12.4. The Morgan fingerprint density at radius 3 is 2.52 bits per heavy atom. The minimum atomic E-state index is -3.80. The van der Waals surface area contributed by atoms with Gasteiger partial charge < -0.3 is 5.11 Å². The molecule has 0 amide bonds. The number of hydrogen-bond acceptors (Lipinski definition) is 8. The third kappa shape index (κ3) is 6.43. The highest BCUT2D eigenvalue weighted by atomic mass is 35.5. The summed E-state index contributed by atoms with van der Waals surface area (Å²) in [7, 11) is -3.80. The molecule has 0 spiro atoms. The molecule has 27 heavy (non-hydrogen) atoms. The first-order chi connectivity index (χ1) is 12.6. The lowest BCUT2D eigenvalue weighted by Crippen LogP contribution is -2.43. The predicted octanol–water partition coefficient (Wildman–Crippen LogP) is 1.09. The van der Waals surface area contributed by atoms with Crippen LogP contribution in [0.4, 0.5) is 0 Å². The van der Waals surface area contributed by atoms with Gasteiger partial charge in [0, 0.05) is 0 Å². The van der Waals surface area contributed by atoms with Gasteiger partial charge in [-0.25, -0.2) is 17.8 Å². The monoisotopic (exact) mass is 453 g/mol. The summed E-state index contributed by atoms with van der Waals surface area (Å²) in [5.41, 5.74) is 0. The molecule has 2 aromatic rings. The summed E-state index contributed by atoms with van der Waals surface area (Å²) in [6.45, 7) is -0.447. The summed E-state index contributed by atoms with van der Waals surface area (Å²) < 4.78 is 25.9. The van der Waals surface area contributed by atoms with Gasteiger partial charge in [0.05, 0.1) is 33.7 Å². The number of carbonyl (C=O) groups is 2. The number of carboxylic acid groups (broad SMARTS) is 1. The van der Waals surface area contributed by atoms with Gasteiger partial charge in [-0.05, 0) is 34.3 Å². The summed E-state index contributed by atoms with van der Waals surface area (Å²) in [6.07, 6.45) is 0.111. The van der Waals surface area contributed by atoms with Gasteiger partial charge in [-0.15, -0.1) is 5.10 Å². The number of aliphatic carboxylic acids is 1. The number of nitrogens with one attached hydrogen (secondary N) is 1. The van der Waals surface area contributed by atoms with Crippen molar-refractivity contribution in [1.82, 2.24) is 24.9 Å². The molecule has 1 heterocycles. The van der Waals surface area contributed by atoms with Crippen molar-refractivity contribution < 1.29 is 23.1 Å². The standard InChI is InChI=1S/C13H13Cl2N5O5S2/c1-27(24,25)17-9(5-11(22)23)10(21)6-20-13(16-18-19-20)26-12-7(14)3-2-4-8(12)15/h2-4,9,17H,5-6H2,1H3,(H,22,23). The molecule has 1 atom stereocenters. The molecule has 1 aromatic heterocycles. The number of halogens is 2. The molecule has 0 radical (unpaired) electrons. The van der Waals surface area contributed by atoms with Crippen LogP contribution in [0.2, 0.25) is 10.0 Å². The van der Waals surface area contributed by atoms with Gasteiger partial charge in [0.25, 0.3) is 0 Å². The maximum atomic E-state index is 12.4. The molecule has 10 nitrogen and oxygen atoms in total. The summed E-state index contributed by atoms with van der Waals surface area (Å²) in [6, 6.07) is 3.44. The van der Waals surface area contributed by atoms with Crippen molar-refractivity contribution >= 4 is 56.7 Å². The highest BCUT2D eigenvalue weighted by molar-refractivity contribution is 7.99. The number of ketones is 1. The van der Waals surface area contributed by atoms with Crippen molar-refractivity contribution in [2.75, 3.05) is 6.26 Å². The Morgan fingerprint density at radius 2 is 1.96 bits per heavy atom. The van der Waals surface area contributed by atoms with Crippen LogP contribution in [0.25, 0.3) is 0 Å². The molecular weight excluding hydrogens is 441 g/mol. The third-order valence-electron chi connectivity index (χ3n) is 3.04. The van der Waals surface area contributed by atoms with E-state index in [1.165, 1.54) is 0 Å². The summed E-state index contributed by atoms with van der Waals surface area (Å²) >= 11 is 13.2. The van der Waals surface area contributed by atoms with Crippen molar-refractivity contribution in [2.45, 2.75) is 29.1 Å². The molecule has 0 bridgehead atoms. The average Bonchev–Trinajstić information content (AvgIpc) is 2.95.